The molecule has 1 aliphatic rings. The van der Waals surface area contributed by atoms with E-state index in [2.05, 4.69) is 10.3 Å². The first-order valence-electron chi connectivity index (χ1n) is 10.8. The van der Waals surface area contributed by atoms with Crippen molar-refractivity contribution in [2.75, 3.05) is 31.7 Å². The van der Waals surface area contributed by atoms with Crippen LogP contribution in [0.3, 0.4) is 0 Å². The number of hydrogen-bond acceptors (Lipinski definition) is 8. The van der Waals surface area contributed by atoms with Crippen LogP contribution in [0.4, 0.5) is 5.69 Å². The van der Waals surface area contributed by atoms with Crippen LogP contribution in [0.15, 0.2) is 24.4 Å². The molecule has 3 rings (SSSR count). The van der Waals surface area contributed by atoms with Crippen molar-refractivity contribution in [2.24, 2.45) is 0 Å². The van der Waals surface area contributed by atoms with Crippen LogP contribution in [0.1, 0.15) is 50.9 Å². The first-order valence-corrected chi connectivity index (χ1v) is 14.0. The van der Waals surface area contributed by atoms with Crippen LogP contribution in [0.5, 0.6) is 0 Å². The summed E-state index contributed by atoms with van der Waals surface area (Å²) in [6, 6.07) is 5.83. The number of fused-ring (bicyclic) bond motifs is 3. The number of benzene rings is 1. The predicted molar refractivity (Wildman–Crippen MR) is 123 cm³/mol. The van der Waals surface area contributed by atoms with E-state index in [1.54, 1.807) is 33.9 Å². The van der Waals surface area contributed by atoms with Crippen LogP contribution < -0.4 is 5.32 Å². The van der Waals surface area contributed by atoms with Gasteiger partial charge in [-0.15, -0.1) is 0 Å². The molecule has 0 bridgehead atoms. The maximum Gasteiger partial charge on any atom is 0.352 e. The fourth-order valence-electron chi connectivity index (χ4n) is 4.03. The minimum atomic E-state index is -3.56. The highest BCUT2D eigenvalue weighted by Crippen LogP contribution is 2.69. The van der Waals surface area contributed by atoms with Crippen LogP contribution in [-0.2, 0) is 27.2 Å². The summed E-state index contributed by atoms with van der Waals surface area (Å²) in [6.45, 7) is 10.0. The number of hydrogen-bond donors (Lipinski definition) is 1. The molecular weight excluding hydrogens is 438 g/mol. The fourth-order valence-corrected chi connectivity index (χ4v) is 8.28. The number of aryl methyl sites for hydroxylation is 1. The van der Waals surface area contributed by atoms with Gasteiger partial charge in [0.2, 0.25) is 0 Å². The molecule has 2 atom stereocenters. The van der Waals surface area contributed by atoms with Gasteiger partial charge in [-0.3, -0.25) is 14.1 Å². The van der Waals surface area contributed by atoms with E-state index in [1.165, 1.54) is 0 Å². The van der Waals surface area contributed by atoms with Crippen LogP contribution in [-0.4, -0.2) is 37.2 Å². The van der Waals surface area contributed by atoms with Crippen molar-refractivity contribution >= 4 is 31.8 Å². The second kappa shape index (κ2) is 10.1. The molecule has 1 aromatic heterocycles. The fraction of sp³-hybridized carbons (Fsp3) is 0.571. The molecule has 0 amide bonds. The van der Waals surface area contributed by atoms with E-state index in [-0.39, 0.29) is 32.8 Å². The molecule has 1 N–H and O–H groups in total. The number of pyridine rings is 1. The number of nitrogens with zero attached hydrogens (tertiary/aromatic N) is 1. The summed E-state index contributed by atoms with van der Waals surface area (Å²) in [5, 5.41) is 4.31. The molecule has 2 heterocycles. The number of anilines is 1. The average Bonchev–Trinajstić information content (AvgIpc) is 2.73. The number of aromatic nitrogens is 1. The summed E-state index contributed by atoms with van der Waals surface area (Å²) in [6.07, 6.45) is 1.95. The van der Waals surface area contributed by atoms with E-state index in [0.29, 0.717) is 11.2 Å². The van der Waals surface area contributed by atoms with E-state index < -0.39 is 26.6 Å². The lowest BCUT2D eigenvalue weighted by molar-refractivity contribution is 0.203. The molecule has 0 fully saturated rings. The highest BCUT2D eigenvalue weighted by atomic mass is 31.2. The van der Waals surface area contributed by atoms with Crippen molar-refractivity contribution in [3.8, 4) is 0 Å². The van der Waals surface area contributed by atoms with Crippen molar-refractivity contribution in [1.29, 1.82) is 0 Å². The van der Waals surface area contributed by atoms with Gasteiger partial charge in [0.05, 0.1) is 43.3 Å². The smallest absolute Gasteiger partial charge is 0.352 e. The van der Waals surface area contributed by atoms with Gasteiger partial charge in [0, 0.05) is 11.6 Å². The standard InChI is InChI=1S/C21H32N2O6P2/c1-6-26-30(24,27-7-2)18-14-19(31(25,28-8-3)29-9-4)23-21-17(18)11-10-16-15(5)12-13-22-20(16)21/h10-13,18-19,23H,6-9,14H2,1-5H3. The minimum absolute atomic E-state index is 0.221. The van der Waals surface area contributed by atoms with E-state index >= 15 is 0 Å². The summed E-state index contributed by atoms with van der Waals surface area (Å²) in [4.78, 5) is 4.57. The summed E-state index contributed by atoms with van der Waals surface area (Å²) in [7, 11) is -7.12. The van der Waals surface area contributed by atoms with Gasteiger partial charge in [0.25, 0.3) is 0 Å². The molecule has 10 heteroatoms. The van der Waals surface area contributed by atoms with Gasteiger partial charge in [-0.2, -0.15) is 0 Å². The lowest BCUT2D eigenvalue weighted by atomic mass is 9.98. The molecular formula is C21H32N2O6P2. The van der Waals surface area contributed by atoms with Crippen LogP contribution in [0.25, 0.3) is 10.9 Å². The zero-order chi connectivity index (χ0) is 22.6. The second-order valence-corrected chi connectivity index (χ2v) is 11.7. The molecule has 2 unspecified atom stereocenters. The molecule has 0 saturated carbocycles. The third-order valence-electron chi connectivity index (χ3n) is 5.28. The Hall–Kier alpha value is -1.27. The Morgan fingerprint density at radius 2 is 1.52 bits per heavy atom. The molecule has 0 saturated heterocycles. The van der Waals surface area contributed by atoms with Crippen LogP contribution in [0.2, 0.25) is 0 Å². The van der Waals surface area contributed by atoms with E-state index in [0.717, 1.165) is 16.5 Å². The highest BCUT2D eigenvalue weighted by molar-refractivity contribution is 7.55. The third-order valence-corrected chi connectivity index (χ3v) is 10.1. The largest absolute Gasteiger partial charge is 0.369 e. The molecule has 2 aromatic rings. The van der Waals surface area contributed by atoms with Crippen LogP contribution >= 0.6 is 15.2 Å². The Labute approximate surface area is 184 Å². The Morgan fingerprint density at radius 3 is 2.10 bits per heavy atom. The molecule has 8 nitrogen and oxygen atoms in total. The van der Waals surface area contributed by atoms with Gasteiger partial charge in [-0.25, -0.2) is 0 Å². The molecule has 1 aliphatic heterocycles. The van der Waals surface area contributed by atoms with Crippen LogP contribution in [0, 0.1) is 6.92 Å². The van der Waals surface area contributed by atoms with Crippen molar-refractivity contribution in [3.05, 3.63) is 35.5 Å². The Balaban J connectivity index is 2.22. The quantitative estimate of drug-likeness (QED) is 0.407. The minimum Gasteiger partial charge on any atom is -0.369 e. The number of rotatable bonds is 10. The maximum absolute atomic E-state index is 13.9. The summed E-state index contributed by atoms with van der Waals surface area (Å²) >= 11 is 0. The van der Waals surface area contributed by atoms with Gasteiger partial charge in [0.15, 0.2) is 0 Å². The predicted octanol–water partition coefficient (Wildman–Crippen LogP) is 6.26. The zero-order valence-corrected chi connectivity index (χ0v) is 20.6. The molecule has 0 spiro atoms. The first kappa shape index (κ1) is 24.4. The highest BCUT2D eigenvalue weighted by Gasteiger charge is 2.48. The Kier molecular flexibility index (Phi) is 7.95. The lowest BCUT2D eigenvalue weighted by Gasteiger charge is -2.38. The van der Waals surface area contributed by atoms with Gasteiger partial charge < -0.3 is 23.4 Å². The summed E-state index contributed by atoms with van der Waals surface area (Å²) in [5.41, 5.74) is 2.58. The van der Waals surface area contributed by atoms with Gasteiger partial charge >= 0.3 is 15.2 Å². The van der Waals surface area contributed by atoms with E-state index in [4.69, 9.17) is 18.1 Å². The normalized spacial score (nSPS) is 19.3. The maximum atomic E-state index is 13.9. The topological polar surface area (TPSA) is 96.0 Å². The zero-order valence-electron chi connectivity index (χ0n) is 18.8. The molecule has 1 aromatic carbocycles. The van der Waals surface area contributed by atoms with Crippen molar-refractivity contribution in [1.82, 2.24) is 4.98 Å². The molecule has 0 aliphatic carbocycles. The third kappa shape index (κ3) is 4.75. The van der Waals surface area contributed by atoms with Gasteiger partial charge in [-0.1, -0.05) is 12.1 Å². The average molecular weight is 470 g/mol. The lowest BCUT2D eigenvalue weighted by Crippen LogP contribution is -2.31. The second-order valence-electron chi connectivity index (χ2n) is 7.22. The molecule has 172 valence electrons. The summed E-state index contributed by atoms with van der Waals surface area (Å²) in [5.74, 6) is -0.716. The van der Waals surface area contributed by atoms with Crippen molar-refractivity contribution in [3.63, 3.8) is 0 Å². The van der Waals surface area contributed by atoms with E-state index in [9.17, 15) is 9.13 Å². The first-order chi connectivity index (χ1) is 14.8. The molecule has 0 radical (unpaired) electrons. The van der Waals surface area contributed by atoms with E-state index in [1.807, 2.05) is 25.1 Å². The Morgan fingerprint density at radius 1 is 0.935 bits per heavy atom. The number of nitrogens with one attached hydrogen (secondary N) is 1. The molecule has 31 heavy (non-hydrogen) atoms. The SMILES string of the molecule is CCOP(=O)(OCC)C1CC(P(=O)(OCC)OCC)c2ccc3c(C)ccnc3c2N1. The monoisotopic (exact) mass is 470 g/mol. The van der Waals surface area contributed by atoms with Crippen molar-refractivity contribution in [2.45, 2.75) is 52.5 Å². The summed E-state index contributed by atoms with van der Waals surface area (Å²) < 4.78 is 50.2. The Bertz CT molecular complexity index is 995. The van der Waals surface area contributed by atoms with Crippen molar-refractivity contribution < 1.29 is 27.2 Å². The van der Waals surface area contributed by atoms with Gasteiger partial charge in [-0.05, 0) is 58.2 Å². The van der Waals surface area contributed by atoms with Gasteiger partial charge in [0.1, 0.15) is 5.78 Å².